The molecule has 0 spiro atoms. The van der Waals surface area contributed by atoms with E-state index in [1.54, 1.807) is 0 Å². The first-order valence-corrected chi connectivity index (χ1v) is 6.61. The molecule has 0 aliphatic carbocycles. The van der Waals surface area contributed by atoms with Crippen LogP contribution in [0.5, 0.6) is 0 Å². The lowest BCUT2D eigenvalue weighted by atomic mass is 10.0. The van der Waals surface area contributed by atoms with Crippen molar-refractivity contribution in [1.82, 2.24) is 15.2 Å². The maximum atomic E-state index is 11.8. The molecule has 0 fully saturated rings. The van der Waals surface area contributed by atoms with Gasteiger partial charge in [0.25, 0.3) is 0 Å². The van der Waals surface area contributed by atoms with Gasteiger partial charge in [0.2, 0.25) is 11.9 Å². The lowest BCUT2D eigenvalue weighted by Crippen LogP contribution is -2.15. The molecule has 3 aromatic rings. The number of nitrogens with one attached hydrogen (secondary N) is 2. The van der Waals surface area contributed by atoms with Crippen molar-refractivity contribution in [2.45, 2.75) is 6.42 Å². The molecular formula is C16H14N4O. The minimum Gasteiger partial charge on any atom is -0.295 e. The minimum atomic E-state index is -0.126. The third-order valence-electron chi connectivity index (χ3n) is 3.10. The van der Waals surface area contributed by atoms with Crippen LogP contribution >= 0.6 is 0 Å². The SMILES string of the molecule is O=C(Cc1ccc(-c2ccccc2)cc1)Nc1ncn[nH]1. The number of H-pyrrole nitrogens is 1. The molecule has 0 saturated carbocycles. The molecule has 1 amide bonds. The molecule has 0 unspecified atom stereocenters. The minimum absolute atomic E-state index is 0.126. The van der Waals surface area contributed by atoms with Crippen molar-refractivity contribution in [3.05, 3.63) is 66.5 Å². The Labute approximate surface area is 122 Å². The smallest absolute Gasteiger partial charge is 0.231 e. The number of amides is 1. The van der Waals surface area contributed by atoms with E-state index < -0.39 is 0 Å². The summed E-state index contributed by atoms with van der Waals surface area (Å²) in [6.07, 6.45) is 1.65. The zero-order valence-electron chi connectivity index (χ0n) is 11.3. The van der Waals surface area contributed by atoms with Crippen molar-refractivity contribution >= 4 is 11.9 Å². The molecule has 21 heavy (non-hydrogen) atoms. The molecule has 1 aromatic heterocycles. The van der Waals surface area contributed by atoms with Gasteiger partial charge in [-0.05, 0) is 16.7 Å². The van der Waals surface area contributed by atoms with Gasteiger partial charge < -0.3 is 0 Å². The zero-order chi connectivity index (χ0) is 14.5. The third-order valence-corrected chi connectivity index (χ3v) is 3.10. The molecule has 1 heterocycles. The summed E-state index contributed by atoms with van der Waals surface area (Å²) in [5.74, 6) is 0.236. The molecule has 0 radical (unpaired) electrons. The molecule has 3 rings (SSSR count). The number of carbonyl (C=O) groups excluding carboxylic acids is 1. The van der Waals surface area contributed by atoms with Crippen LogP contribution in [-0.2, 0) is 11.2 Å². The molecule has 0 atom stereocenters. The standard InChI is InChI=1S/C16H14N4O/c21-15(19-16-17-11-18-20-16)10-12-6-8-14(9-7-12)13-4-2-1-3-5-13/h1-9,11H,10H2,(H2,17,18,19,20,21). The summed E-state index contributed by atoms with van der Waals surface area (Å²) in [7, 11) is 0. The summed E-state index contributed by atoms with van der Waals surface area (Å²) in [4.78, 5) is 15.7. The maximum absolute atomic E-state index is 11.8. The highest BCUT2D eigenvalue weighted by Gasteiger charge is 2.06. The summed E-state index contributed by atoms with van der Waals surface area (Å²) in [5, 5.41) is 8.92. The monoisotopic (exact) mass is 278 g/mol. The third kappa shape index (κ3) is 3.33. The van der Waals surface area contributed by atoms with Gasteiger partial charge in [0.15, 0.2) is 0 Å². The summed E-state index contributed by atoms with van der Waals surface area (Å²) >= 11 is 0. The lowest BCUT2D eigenvalue weighted by molar-refractivity contribution is -0.115. The highest BCUT2D eigenvalue weighted by atomic mass is 16.1. The Bertz CT molecular complexity index is 706. The normalized spacial score (nSPS) is 10.3. The predicted octanol–water partition coefficient (Wildman–Crippen LogP) is 2.65. The zero-order valence-corrected chi connectivity index (χ0v) is 11.3. The van der Waals surface area contributed by atoms with Gasteiger partial charge >= 0.3 is 0 Å². The Kier molecular flexibility index (Phi) is 3.73. The fraction of sp³-hybridized carbons (Fsp3) is 0.0625. The predicted molar refractivity (Wildman–Crippen MR) is 80.6 cm³/mol. The molecule has 0 aliphatic rings. The molecule has 2 N–H and O–H groups in total. The molecule has 0 saturated heterocycles. The average molecular weight is 278 g/mol. The van der Waals surface area contributed by atoms with Crippen molar-refractivity contribution in [1.29, 1.82) is 0 Å². The van der Waals surface area contributed by atoms with E-state index in [0.717, 1.165) is 16.7 Å². The van der Waals surface area contributed by atoms with E-state index >= 15 is 0 Å². The van der Waals surface area contributed by atoms with Crippen molar-refractivity contribution in [3.63, 3.8) is 0 Å². The maximum Gasteiger partial charge on any atom is 0.231 e. The summed E-state index contributed by atoms with van der Waals surface area (Å²) in [6, 6.07) is 18.1. The van der Waals surface area contributed by atoms with E-state index in [0.29, 0.717) is 12.4 Å². The van der Waals surface area contributed by atoms with Crippen LogP contribution in [0, 0.1) is 0 Å². The largest absolute Gasteiger partial charge is 0.295 e. The second kappa shape index (κ2) is 6.00. The van der Waals surface area contributed by atoms with Crippen molar-refractivity contribution in [3.8, 4) is 11.1 Å². The highest BCUT2D eigenvalue weighted by molar-refractivity contribution is 5.90. The summed E-state index contributed by atoms with van der Waals surface area (Å²) < 4.78 is 0. The molecule has 5 nitrogen and oxygen atoms in total. The van der Waals surface area contributed by atoms with Gasteiger partial charge in [-0.15, -0.1) is 0 Å². The highest BCUT2D eigenvalue weighted by Crippen LogP contribution is 2.19. The number of aromatic nitrogens is 3. The number of hydrogen-bond acceptors (Lipinski definition) is 3. The quantitative estimate of drug-likeness (QED) is 0.770. The van der Waals surface area contributed by atoms with Crippen molar-refractivity contribution < 1.29 is 4.79 Å². The number of benzene rings is 2. The van der Waals surface area contributed by atoms with E-state index in [4.69, 9.17) is 0 Å². The number of hydrogen-bond donors (Lipinski definition) is 2. The van der Waals surface area contributed by atoms with E-state index in [-0.39, 0.29) is 5.91 Å². The van der Waals surface area contributed by atoms with Crippen LogP contribution < -0.4 is 5.32 Å². The van der Waals surface area contributed by atoms with Gasteiger partial charge in [0, 0.05) is 0 Å². The van der Waals surface area contributed by atoms with Crippen LogP contribution in [0.15, 0.2) is 60.9 Å². The van der Waals surface area contributed by atoms with Crippen LogP contribution in [-0.4, -0.2) is 21.1 Å². The Morgan fingerprint density at radius 3 is 2.38 bits per heavy atom. The van der Waals surface area contributed by atoms with E-state index in [2.05, 4.69) is 32.6 Å². The first-order valence-electron chi connectivity index (χ1n) is 6.61. The molecule has 0 bridgehead atoms. The first kappa shape index (κ1) is 13.1. The fourth-order valence-electron chi connectivity index (χ4n) is 2.07. The van der Waals surface area contributed by atoms with Crippen molar-refractivity contribution in [2.75, 3.05) is 5.32 Å². The number of anilines is 1. The van der Waals surface area contributed by atoms with Crippen LogP contribution in [0.1, 0.15) is 5.56 Å². The molecule has 104 valence electrons. The second-order valence-electron chi connectivity index (χ2n) is 4.62. The van der Waals surface area contributed by atoms with Gasteiger partial charge in [-0.3, -0.25) is 10.1 Å². The van der Waals surface area contributed by atoms with E-state index in [9.17, 15) is 4.79 Å². The van der Waals surface area contributed by atoms with Crippen LogP contribution in [0.3, 0.4) is 0 Å². The van der Waals surface area contributed by atoms with Gasteiger partial charge in [-0.2, -0.15) is 10.1 Å². The van der Waals surface area contributed by atoms with Crippen LogP contribution in [0.2, 0.25) is 0 Å². The summed E-state index contributed by atoms with van der Waals surface area (Å²) in [5.41, 5.74) is 3.25. The Morgan fingerprint density at radius 1 is 1.00 bits per heavy atom. The molecule has 5 heteroatoms. The second-order valence-corrected chi connectivity index (χ2v) is 4.62. The average Bonchev–Trinajstić information content (AvgIpc) is 3.02. The molecule has 0 aliphatic heterocycles. The van der Waals surface area contributed by atoms with Gasteiger partial charge in [-0.25, -0.2) is 5.10 Å². The van der Waals surface area contributed by atoms with E-state index in [1.165, 1.54) is 6.33 Å². The summed E-state index contributed by atoms with van der Waals surface area (Å²) in [6.45, 7) is 0. The number of aromatic amines is 1. The van der Waals surface area contributed by atoms with Crippen molar-refractivity contribution in [2.24, 2.45) is 0 Å². The number of rotatable bonds is 4. The van der Waals surface area contributed by atoms with E-state index in [1.807, 2.05) is 42.5 Å². The Balaban J connectivity index is 1.66. The van der Waals surface area contributed by atoms with Gasteiger partial charge in [0.05, 0.1) is 6.42 Å². The Hall–Kier alpha value is -2.95. The topological polar surface area (TPSA) is 70.7 Å². The Morgan fingerprint density at radius 2 is 1.71 bits per heavy atom. The van der Waals surface area contributed by atoms with Gasteiger partial charge in [-0.1, -0.05) is 54.6 Å². The molecule has 2 aromatic carbocycles. The fourth-order valence-corrected chi connectivity index (χ4v) is 2.07. The number of carbonyl (C=O) groups is 1. The molecular weight excluding hydrogens is 264 g/mol. The number of nitrogens with zero attached hydrogens (tertiary/aromatic N) is 2. The first-order chi connectivity index (χ1) is 10.3. The van der Waals surface area contributed by atoms with Gasteiger partial charge in [0.1, 0.15) is 6.33 Å². The lowest BCUT2D eigenvalue weighted by Gasteiger charge is -2.04. The van der Waals surface area contributed by atoms with Crippen LogP contribution in [0.4, 0.5) is 5.95 Å². The van der Waals surface area contributed by atoms with Crippen LogP contribution in [0.25, 0.3) is 11.1 Å².